The number of aromatic nitrogens is 1. The van der Waals surface area contributed by atoms with E-state index in [-0.39, 0.29) is 36.4 Å². The van der Waals surface area contributed by atoms with E-state index in [1.165, 1.54) is 34.8 Å². The van der Waals surface area contributed by atoms with Crippen LogP contribution in [0.25, 0.3) is 11.1 Å². The lowest BCUT2D eigenvalue weighted by Gasteiger charge is -2.51. The minimum absolute atomic E-state index is 0.0137. The van der Waals surface area contributed by atoms with Gasteiger partial charge in [0.25, 0.3) is 11.5 Å². The molecule has 2 aromatic rings. The molecule has 1 saturated heterocycles. The van der Waals surface area contributed by atoms with Gasteiger partial charge in [0.1, 0.15) is 0 Å². The Morgan fingerprint density at radius 1 is 1.10 bits per heavy atom. The van der Waals surface area contributed by atoms with Gasteiger partial charge in [0.15, 0.2) is 0 Å². The van der Waals surface area contributed by atoms with E-state index in [1.807, 2.05) is 49.1 Å². The van der Waals surface area contributed by atoms with E-state index in [0.717, 1.165) is 24.8 Å². The normalized spacial score (nSPS) is 21.9. The van der Waals surface area contributed by atoms with Crippen LogP contribution in [-0.4, -0.2) is 75.8 Å². The van der Waals surface area contributed by atoms with Gasteiger partial charge >= 0.3 is 0 Å². The van der Waals surface area contributed by atoms with Crippen LogP contribution in [0.3, 0.4) is 0 Å². The summed E-state index contributed by atoms with van der Waals surface area (Å²) in [5.41, 5.74) is -0.542. The summed E-state index contributed by atoms with van der Waals surface area (Å²) in [5.74, 6) is 0.154. The maximum absolute atomic E-state index is 13.7. The second kappa shape index (κ2) is 12.9. The zero-order valence-corrected chi connectivity index (χ0v) is 25.1. The number of carbonyl (C=O) groups is 2. The van der Waals surface area contributed by atoms with E-state index in [4.69, 9.17) is 0 Å². The van der Waals surface area contributed by atoms with Crippen LogP contribution in [0.4, 0.5) is 0 Å². The van der Waals surface area contributed by atoms with Gasteiger partial charge in [-0.05, 0) is 30.7 Å². The third kappa shape index (κ3) is 6.92. The zero-order chi connectivity index (χ0) is 29.8. The molecule has 224 valence electrons. The van der Waals surface area contributed by atoms with Gasteiger partial charge in [-0.15, -0.1) is 0 Å². The van der Waals surface area contributed by atoms with E-state index in [9.17, 15) is 24.6 Å². The van der Waals surface area contributed by atoms with Crippen molar-refractivity contribution in [3.8, 4) is 11.1 Å². The highest BCUT2D eigenvalue weighted by atomic mass is 16.3. The SMILES string of the molecule is CN(C)C(=O)c1cn(C[C@]2(O)CCN(C(=O)C(CCO)CC3CCCCC3)CC2(C)C)c(=O)cc1-c1ccccc1. The van der Waals surface area contributed by atoms with Crippen molar-refractivity contribution in [2.75, 3.05) is 33.8 Å². The predicted octanol–water partition coefficient (Wildman–Crippen LogP) is 4.18. The van der Waals surface area contributed by atoms with Gasteiger partial charge in [0.2, 0.25) is 5.91 Å². The molecule has 1 aliphatic carbocycles. The lowest BCUT2D eigenvalue weighted by molar-refractivity contribution is -0.158. The molecule has 41 heavy (non-hydrogen) atoms. The Bertz CT molecular complexity index is 1270. The molecule has 2 heterocycles. The summed E-state index contributed by atoms with van der Waals surface area (Å²) >= 11 is 0. The van der Waals surface area contributed by atoms with Gasteiger partial charge in [-0.3, -0.25) is 14.4 Å². The number of hydrogen-bond donors (Lipinski definition) is 2. The summed E-state index contributed by atoms with van der Waals surface area (Å²) in [5, 5.41) is 21.7. The maximum Gasteiger partial charge on any atom is 0.255 e. The summed E-state index contributed by atoms with van der Waals surface area (Å²) in [7, 11) is 3.35. The molecule has 2 aliphatic rings. The average Bonchev–Trinajstić information content (AvgIpc) is 2.95. The lowest BCUT2D eigenvalue weighted by Crippen LogP contribution is -2.61. The number of pyridine rings is 1. The van der Waals surface area contributed by atoms with Crippen molar-refractivity contribution in [3.05, 3.63) is 58.5 Å². The van der Waals surface area contributed by atoms with Gasteiger partial charge in [-0.25, -0.2) is 0 Å². The quantitative estimate of drug-likeness (QED) is 0.475. The van der Waals surface area contributed by atoms with E-state index in [0.29, 0.717) is 43.0 Å². The first-order chi connectivity index (χ1) is 19.5. The van der Waals surface area contributed by atoms with Crippen molar-refractivity contribution >= 4 is 11.8 Å². The smallest absolute Gasteiger partial charge is 0.255 e. The molecule has 2 N–H and O–H groups in total. The molecule has 1 aromatic carbocycles. The summed E-state index contributed by atoms with van der Waals surface area (Å²) in [4.78, 5) is 43.5. The van der Waals surface area contributed by atoms with Crippen LogP contribution in [0.15, 0.2) is 47.4 Å². The largest absolute Gasteiger partial charge is 0.396 e. The average molecular weight is 566 g/mol. The van der Waals surface area contributed by atoms with E-state index in [2.05, 4.69) is 0 Å². The molecular weight excluding hydrogens is 518 g/mol. The number of carbonyl (C=O) groups excluding carboxylic acids is 2. The fourth-order valence-electron chi connectivity index (χ4n) is 6.67. The summed E-state index contributed by atoms with van der Waals surface area (Å²) < 4.78 is 1.44. The third-order valence-corrected chi connectivity index (χ3v) is 9.40. The zero-order valence-electron chi connectivity index (χ0n) is 25.1. The predicted molar refractivity (Wildman–Crippen MR) is 160 cm³/mol. The van der Waals surface area contributed by atoms with Crippen LogP contribution < -0.4 is 5.56 Å². The van der Waals surface area contributed by atoms with Gasteiger partial charge in [-0.2, -0.15) is 0 Å². The Kier molecular flexibility index (Phi) is 9.75. The molecular formula is C33H47N3O5. The van der Waals surface area contributed by atoms with Crippen LogP contribution in [0.2, 0.25) is 0 Å². The molecule has 1 aliphatic heterocycles. The fraction of sp³-hybridized carbons (Fsp3) is 0.606. The summed E-state index contributed by atoms with van der Waals surface area (Å²) in [6, 6.07) is 10.8. The molecule has 1 unspecified atom stereocenters. The molecule has 2 fully saturated rings. The van der Waals surface area contributed by atoms with Crippen molar-refractivity contribution in [3.63, 3.8) is 0 Å². The number of aliphatic hydroxyl groups is 2. The number of hydrogen-bond acceptors (Lipinski definition) is 5. The number of rotatable bonds is 9. The Morgan fingerprint density at radius 3 is 2.39 bits per heavy atom. The second-order valence-electron chi connectivity index (χ2n) is 13.0. The Labute approximate surface area is 244 Å². The molecule has 0 radical (unpaired) electrons. The summed E-state index contributed by atoms with van der Waals surface area (Å²) in [6.07, 6.45) is 9.13. The van der Waals surface area contributed by atoms with Crippen LogP contribution in [-0.2, 0) is 11.3 Å². The molecule has 8 nitrogen and oxygen atoms in total. The Balaban J connectivity index is 1.56. The highest BCUT2D eigenvalue weighted by molar-refractivity contribution is 6.00. The van der Waals surface area contributed by atoms with Gasteiger partial charge in [0, 0.05) is 63.0 Å². The summed E-state index contributed by atoms with van der Waals surface area (Å²) in [6.45, 7) is 4.61. The van der Waals surface area contributed by atoms with Crippen molar-refractivity contribution < 1.29 is 19.8 Å². The van der Waals surface area contributed by atoms with E-state index >= 15 is 0 Å². The minimum Gasteiger partial charge on any atom is -0.396 e. The molecule has 1 saturated carbocycles. The first-order valence-electron chi connectivity index (χ1n) is 15.1. The first-order valence-corrected chi connectivity index (χ1v) is 15.1. The van der Waals surface area contributed by atoms with E-state index in [1.54, 1.807) is 20.3 Å². The van der Waals surface area contributed by atoms with Crippen molar-refractivity contribution in [2.45, 2.75) is 77.4 Å². The van der Waals surface area contributed by atoms with Crippen LogP contribution >= 0.6 is 0 Å². The fourth-order valence-corrected chi connectivity index (χ4v) is 6.67. The van der Waals surface area contributed by atoms with Crippen LogP contribution in [0.5, 0.6) is 0 Å². The highest BCUT2D eigenvalue weighted by Crippen LogP contribution is 2.41. The lowest BCUT2D eigenvalue weighted by atomic mass is 9.69. The van der Waals surface area contributed by atoms with Crippen molar-refractivity contribution in [1.82, 2.24) is 14.4 Å². The maximum atomic E-state index is 13.7. The topological polar surface area (TPSA) is 103 Å². The van der Waals surface area contributed by atoms with Crippen LogP contribution in [0.1, 0.15) is 75.6 Å². The molecule has 4 rings (SSSR count). The van der Waals surface area contributed by atoms with Gasteiger partial charge in [0.05, 0.1) is 17.7 Å². The van der Waals surface area contributed by atoms with Crippen LogP contribution in [0, 0.1) is 17.3 Å². The molecule has 8 heteroatoms. The van der Waals surface area contributed by atoms with Gasteiger partial charge < -0.3 is 24.6 Å². The molecule has 1 aromatic heterocycles. The number of aliphatic hydroxyl groups excluding tert-OH is 1. The number of likely N-dealkylation sites (tertiary alicyclic amines) is 1. The Morgan fingerprint density at radius 2 is 1.78 bits per heavy atom. The third-order valence-electron chi connectivity index (χ3n) is 9.40. The number of piperidine rings is 1. The molecule has 2 atom stereocenters. The second-order valence-corrected chi connectivity index (χ2v) is 13.0. The monoisotopic (exact) mass is 565 g/mol. The molecule has 0 bridgehead atoms. The Hall–Kier alpha value is -2.97. The standard InChI is InChI=1S/C33H47N3O5/c1-32(2)22-35(30(39)26(15-18-37)19-24-11-7-5-8-12-24)17-16-33(32,41)23-36-21-28(31(40)34(3)4)27(20-29(36)38)25-13-9-6-10-14-25/h6,9-10,13-14,20-21,24,26,37,41H,5,7-8,11-12,15-19,22-23H2,1-4H3/t26?,33-/m1/s1. The first kappa shape index (κ1) is 31.0. The van der Waals surface area contributed by atoms with Crippen molar-refractivity contribution in [2.24, 2.45) is 17.3 Å². The number of benzene rings is 1. The highest BCUT2D eigenvalue weighted by Gasteiger charge is 2.49. The van der Waals surface area contributed by atoms with E-state index < -0.39 is 11.0 Å². The molecule has 0 spiro atoms. The number of amides is 2. The number of nitrogens with zero attached hydrogens (tertiary/aromatic N) is 3. The van der Waals surface area contributed by atoms with Gasteiger partial charge in [-0.1, -0.05) is 76.3 Å². The minimum atomic E-state index is -1.27. The molecule has 2 amide bonds. The van der Waals surface area contributed by atoms with Crippen molar-refractivity contribution in [1.29, 1.82) is 0 Å².